The summed E-state index contributed by atoms with van der Waals surface area (Å²) in [7, 11) is 1.58. The second-order valence-electron chi connectivity index (χ2n) is 8.94. The highest BCUT2D eigenvalue weighted by molar-refractivity contribution is 6.31. The summed E-state index contributed by atoms with van der Waals surface area (Å²) in [5.41, 5.74) is 4.41. The first-order valence-electron chi connectivity index (χ1n) is 12.0. The van der Waals surface area contributed by atoms with E-state index in [0.29, 0.717) is 50.4 Å². The number of nitrogens with zero attached hydrogens (tertiary/aromatic N) is 2. The monoisotopic (exact) mass is 527 g/mol. The minimum absolute atomic E-state index is 0.320. The Kier molecular flexibility index (Phi) is 6.89. The quantitative estimate of drug-likeness (QED) is 0.284. The third-order valence-electron chi connectivity index (χ3n) is 6.37. The molecule has 8 nitrogen and oxygen atoms in total. The van der Waals surface area contributed by atoms with Gasteiger partial charge >= 0.3 is 0 Å². The van der Waals surface area contributed by atoms with Crippen molar-refractivity contribution in [3.63, 3.8) is 0 Å². The molecule has 1 atom stereocenters. The smallest absolute Gasteiger partial charge is 0.261 e. The number of amides is 2. The summed E-state index contributed by atoms with van der Waals surface area (Å²) in [6, 6.07) is 21.2. The molecule has 5 rings (SSSR count). The first-order valence-corrected chi connectivity index (χ1v) is 12.4. The summed E-state index contributed by atoms with van der Waals surface area (Å²) < 4.78 is 6.83. The molecular formula is C29H26ClN5O3. The zero-order valence-corrected chi connectivity index (χ0v) is 21.8. The van der Waals surface area contributed by atoms with E-state index in [-0.39, 0.29) is 11.8 Å². The van der Waals surface area contributed by atoms with E-state index in [9.17, 15) is 9.59 Å². The van der Waals surface area contributed by atoms with Crippen molar-refractivity contribution >= 4 is 40.6 Å². The van der Waals surface area contributed by atoms with E-state index in [2.05, 4.69) is 21.0 Å². The minimum atomic E-state index is -0.667. The molecule has 0 saturated heterocycles. The van der Waals surface area contributed by atoms with E-state index >= 15 is 0 Å². The van der Waals surface area contributed by atoms with E-state index in [1.165, 1.54) is 6.20 Å². The molecule has 2 amide bonds. The van der Waals surface area contributed by atoms with Gasteiger partial charge in [0.15, 0.2) is 0 Å². The fourth-order valence-corrected chi connectivity index (χ4v) is 4.65. The maximum Gasteiger partial charge on any atom is 0.261 e. The van der Waals surface area contributed by atoms with Gasteiger partial charge in [0.2, 0.25) is 0 Å². The summed E-state index contributed by atoms with van der Waals surface area (Å²) in [6.07, 6.45) is 1.49. The maximum absolute atomic E-state index is 13.6. The van der Waals surface area contributed by atoms with Gasteiger partial charge in [-0.2, -0.15) is 5.10 Å². The van der Waals surface area contributed by atoms with Gasteiger partial charge in [-0.1, -0.05) is 47.5 Å². The number of anilines is 3. The number of aryl methyl sites for hydroxylation is 1. The van der Waals surface area contributed by atoms with Crippen molar-refractivity contribution in [1.29, 1.82) is 0 Å². The summed E-state index contributed by atoms with van der Waals surface area (Å²) in [5.74, 6) is 0.513. The Morgan fingerprint density at radius 3 is 2.21 bits per heavy atom. The summed E-state index contributed by atoms with van der Waals surface area (Å²) >= 11 is 6.62. The number of hydrogen-bond donors (Lipinski definition) is 3. The molecule has 0 unspecified atom stereocenters. The highest BCUT2D eigenvalue weighted by atomic mass is 35.5. The van der Waals surface area contributed by atoms with Crippen molar-refractivity contribution in [3.05, 3.63) is 112 Å². The number of nitrogens with one attached hydrogen (secondary N) is 3. The molecule has 0 aliphatic carbocycles. The van der Waals surface area contributed by atoms with E-state index in [4.69, 9.17) is 16.3 Å². The molecular weight excluding hydrogens is 502 g/mol. The van der Waals surface area contributed by atoms with Crippen LogP contribution in [0.3, 0.4) is 0 Å². The fourth-order valence-electron chi connectivity index (χ4n) is 4.41. The van der Waals surface area contributed by atoms with Crippen molar-refractivity contribution < 1.29 is 14.3 Å². The van der Waals surface area contributed by atoms with Crippen LogP contribution in [0.25, 0.3) is 0 Å². The van der Waals surface area contributed by atoms with Gasteiger partial charge in [0, 0.05) is 27.7 Å². The highest BCUT2D eigenvalue weighted by Crippen LogP contribution is 2.40. The maximum atomic E-state index is 13.6. The average Bonchev–Trinajstić information content (AvgIpc) is 3.33. The lowest BCUT2D eigenvalue weighted by molar-refractivity contribution is -0.113. The highest BCUT2D eigenvalue weighted by Gasteiger charge is 2.36. The Hall–Kier alpha value is -4.56. The lowest BCUT2D eigenvalue weighted by Gasteiger charge is -2.30. The zero-order valence-electron chi connectivity index (χ0n) is 21.1. The van der Waals surface area contributed by atoms with Crippen LogP contribution in [-0.2, 0) is 4.79 Å². The van der Waals surface area contributed by atoms with Crippen molar-refractivity contribution in [3.8, 4) is 5.75 Å². The van der Waals surface area contributed by atoms with Gasteiger partial charge < -0.3 is 20.7 Å². The molecule has 0 saturated carbocycles. The van der Waals surface area contributed by atoms with Gasteiger partial charge in [-0.3, -0.25) is 9.59 Å². The summed E-state index contributed by atoms with van der Waals surface area (Å²) in [4.78, 5) is 26.9. The van der Waals surface area contributed by atoms with Crippen LogP contribution >= 0.6 is 11.6 Å². The predicted octanol–water partition coefficient (Wildman–Crippen LogP) is 6.03. The molecule has 38 heavy (non-hydrogen) atoms. The first kappa shape index (κ1) is 25.1. The van der Waals surface area contributed by atoms with Gasteiger partial charge in [-0.25, -0.2) is 4.68 Å². The van der Waals surface area contributed by atoms with E-state index in [0.717, 1.165) is 5.56 Å². The van der Waals surface area contributed by atoms with E-state index in [1.807, 2.05) is 49.4 Å². The second-order valence-corrected chi connectivity index (χ2v) is 9.35. The third kappa shape index (κ3) is 4.86. The van der Waals surface area contributed by atoms with Gasteiger partial charge in [0.05, 0.1) is 18.9 Å². The number of ether oxygens (including phenoxy) is 1. The standard InChI is InChI=1S/C29H26ClN5O3/c1-17-8-10-19(11-9-17)33-28(36)23-16-31-35-26(22-6-4-5-7-24(22)30)25(18(2)32-27(23)35)29(37)34-20-12-14-21(38-3)15-13-20/h4-16,26,32H,1-3H3,(H,33,36)(H,34,37)/t26-/m1/s1. The van der Waals surface area contributed by atoms with Gasteiger partial charge in [-0.05, 0) is 56.3 Å². The molecule has 1 aliphatic rings. The Balaban J connectivity index is 1.52. The number of rotatable bonds is 6. The number of benzene rings is 3. The SMILES string of the molecule is COc1ccc(NC(=O)C2=C(C)Nc3c(C(=O)Nc4ccc(C)cc4)cnn3[C@@H]2c2ccccc2Cl)cc1. The molecule has 0 bridgehead atoms. The molecule has 1 aliphatic heterocycles. The van der Waals surface area contributed by atoms with Gasteiger partial charge in [-0.15, -0.1) is 0 Å². The summed E-state index contributed by atoms with van der Waals surface area (Å²) in [5, 5.41) is 14.1. The van der Waals surface area contributed by atoms with Gasteiger partial charge in [0.25, 0.3) is 11.8 Å². The zero-order chi connectivity index (χ0) is 26.8. The van der Waals surface area contributed by atoms with E-state index in [1.54, 1.807) is 49.0 Å². The van der Waals surface area contributed by atoms with Crippen LogP contribution in [0.1, 0.15) is 34.5 Å². The number of hydrogen-bond acceptors (Lipinski definition) is 5. The molecule has 2 heterocycles. The number of fused-ring (bicyclic) bond motifs is 1. The molecule has 0 radical (unpaired) electrons. The van der Waals surface area contributed by atoms with Gasteiger partial charge in [0.1, 0.15) is 23.2 Å². The molecule has 0 fully saturated rings. The molecule has 0 spiro atoms. The van der Waals surface area contributed by atoms with Crippen molar-refractivity contribution in [1.82, 2.24) is 9.78 Å². The lowest BCUT2D eigenvalue weighted by atomic mass is 9.94. The molecule has 9 heteroatoms. The molecule has 4 aromatic rings. The van der Waals surface area contributed by atoms with Crippen LogP contribution in [0.5, 0.6) is 5.75 Å². The van der Waals surface area contributed by atoms with Crippen molar-refractivity contribution in [2.24, 2.45) is 0 Å². The van der Waals surface area contributed by atoms with Crippen LogP contribution in [0, 0.1) is 6.92 Å². The minimum Gasteiger partial charge on any atom is -0.497 e. The Morgan fingerprint density at radius 1 is 0.921 bits per heavy atom. The van der Waals surface area contributed by atoms with Crippen LogP contribution in [0.2, 0.25) is 5.02 Å². The molecule has 3 N–H and O–H groups in total. The number of carbonyl (C=O) groups excluding carboxylic acids is 2. The molecule has 192 valence electrons. The topological polar surface area (TPSA) is 97.3 Å². The third-order valence-corrected chi connectivity index (χ3v) is 6.71. The number of halogens is 1. The number of carbonyl (C=O) groups is 2. The molecule has 1 aromatic heterocycles. The van der Waals surface area contributed by atoms with Crippen molar-refractivity contribution in [2.45, 2.75) is 19.9 Å². The molecule has 3 aromatic carbocycles. The fraction of sp³-hybridized carbons (Fsp3) is 0.138. The lowest BCUT2D eigenvalue weighted by Crippen LogP contribution is -2.32. The number of allylic oxidation sites excluding steroid dienone is 1. The Morgan fingerprint density at radius 2 is 1.55 bits per heavy atom. The second kappa shape index (κ2) is 10.4. The normalized spacial score (nSPS) is 14.4. The number of aromatic nitrogens is 2. The van der Waals surface area contributed by atoms with Crippen LogP contribution in [-0.4, -0.2) is 28.7 Å². The average molecular weight is 528 g/mol. The Bertz CT molecular complexity index is 1540. The summed E-state index contributed by atoms with van der Waals surface area (Å²) in [6.45, 7) is 3.78. The van der Waals surface area contributed by atoms with Crippen LogP contribution < -0.4 is 20.7 Å². The number of methoxy groups -OCH3 is 1. The van der Waals surface area contributed by atoms with Crippen LogP contribution in [0.4, 0.5) is 17.2 Å². The Labute approximate surface area is 225 Å². The predicted molar refractivity (Wildman–Crippen MR) is 149 cm³/mol. The van der Waals surface area contributed by atoms with E-state index < -0.39 is 6.04 Å². The van der Waals surface area contributed by atoms with Crippen LogP contribution in [0.15, 0.2) is 90.3 Å². The first-order chi connectivity index (χ1) is 18.4. The largest absolute Gasteiger partial charge is 0.497 e. The van der Waals surface area contributed by atoms with Crippen molar-refractivity contribution in [2.75, 3.05) is 23.1 Å².